The molecule has 21 heavy (non-hydrogen) atoms. The van der Waals surface area contributed by atoms with Crippen LogP contribution in [-0.4, -0.2) is 13.1 Å². The molecule has 0 fully saturated rings. The lowest BCUT2D eigenvalue weighted by Gasteiger charge is -2.11. The lowest BCUT2D eigenvalue weighted by molar-refractivity contribution is 0.0601. The van der Waals surface area contributed by atoms with Crippen molar-refractivity contribution in [3.8, 4) is 11.5 Å². The quantitative estimate of drug-likeness (QED) is 0.695. The number of carbonyl (C=O) groups is 1. The van der Waals surface area contributed by atoms with Crippen molar-refractivity contribution in [2.75, 3.05) is 12.8 Å². The normalized spacial score (nSPS) is 10.3. The number of benzene rings is 2. The molecule has 2 N–H and O–H groups in total. The number of nitrogen functional groups attached to an aromatic ring is 1. The van der Waals surface area contributed by atoms with Gasteiger partial charge in [-0.2, -0.15) is 0 Å². The van der Waals surface area contributed by atoms with Crippen LogP contribution in [0.4, 0.5) is 14.5 Å². The minimum atomic E-state index is -0.759. The van der Waals surface area contributed by atoms with Gasteiger partial charge in [0.2, 0.25) is 0 Å². The summed E-state index contributed by atoms with van der Waals surface area (Å²) in [4.78, 5) is 11.6. The molecule has 0 saturated heterocycles. The molecule has 4 nitrogen and oxygen atoms in total. The monoisotopic (exact) mass is 293 g/mol. The van der Waals surface area contributed by atoms with Crippen molar-refractivity contribution in [1.29, 1.82) is 0 Å². The van der Waals surface area contributed by atoms with E-state index in [4.69, 9.17) is 10.5 Å². The molecule has 2 aromatic carbocycles. The van der Waals surface area contributed by atoms with Gasteiger partial charge in [-0.1, -0.05) is 0 Å². The standard InChI is InChI=1S/C15H13F2NO3/c1-8-3-11(7-13(14(8)18)15(19)20-2)21-12-5-9(16)4-10(17)6-12/h3-7H,18H2,1-2H3. The Labute approximate surface area is 120 Å². The second kappa shape index (κ2) is 5.78. The lowest BCUT2D eigenvalue weighted by atomic mass is 10.1. The van der Waals surface area contributed by atoms with Crippen molar-refractivity contribution in [1.82, 2.24) is 0 Å². The Balaban J connectivity index is 2.40. The number of rotatable bonds is 3. The highest BCUT2D eigenvalue weighted by molar-refractivity contribution is 5.96. The van der Waals surface area contributed by atoms with Gasteiger partial charge >= 0.3 is 5.97 Å². The van der Waals surface area contributed by atoms with Crippen LogP contribution >= 0.6 is 0 Å². The zero-order chi connectivity index (χ0) is 15.6. The zero-order valence-corrected chi connectivity index (χ0v) is 11.4. The third-order valence-electron chi connectivity index (χ3n) is 2.84. The summed E-state index contributed by atoms with van der Waals surface area (Å²) < 4.78 is 36.2. The largest absolute Gasteiger partial charge is 0.465 e. The number of hydrogen-bond acceptors (Lipinski definition) is 4. The molecule has 0 aliphatic heterocycles. The van der Waals surface area contributed by atoms with E-state index in [0.717, 1.165) is 18.2 Å². The van der Waals surface area contributed by atoms with E-state index < -0.39 is 17.6 Å². The highest BCUT2D eigenvalue weighted by Gasteiger charge is 2.14. The molecule has 0 unspecified atom stereocenters. The Morgan fingerprint density at radius 1 is 1.05 bits per heavy atom. The van der Waals surface area contributed by atoms with Gasteiger partial charge in [-0.05, 0) is 24.6 Å². The van der Waals surface area contributed by atoms with Gasteiger partial charge in [-0.25, -0.2) is 13.6 Å². The number of aryl methyl sites for hydroxylation is 1. The SMILES string of the molecule is COC(=O)c1cc(Oc2cc(F)cc(F)c2)cc(C)c1N. The minimum absolute atomic E-state index is 0.0208. The summed E-state index contributed by atoms with van der Waals surface area (Å²) in [6, 6.07) is 5.72. The van der Waals surface area contributed by atoms with Crippen LogP contribution in [-0.2, 0) is 4.74 Å². The van der Waals surface area contributed by atoms with Gasteiger partial charge in [-0.3, -0.25) is 0 Å². The maximum atomic E-state index is 13.1. The first-order valence-electron chi connectivity index (χ1n) is 6.03. The molecule has 0 atom stereocenters. The van der Waals surface area contributed by atoms with E-state index in [-0.39, 0.29) is 22.7 Å². The van der Waals surface area contributed by atoms with Gasteiger partial charge in [0.1, 0.15) is 23.1 Å². The average molecular weight is 293 g/mol. The van der Waals surface area contributed by atoms with Crippen molar-refractivity contribution >= 4 is 11.7 Å². The smallest absolute Gasteiger partial charge is 0.340 e. The van der Waals surface area contributed by atoms with Crippen LogP contribution in [0.1, 0.15) is 15.9 Å². The molecule has 2 rings (SSSR count). The van der Waals surface area contributed by atoms with E-state index in [9.17, 15) is 13.6 Å². The number of carbonyl (C=O) groups excluding carboxylic acids is 1. The fourth-order valence-corrected chi connectivity index (χ4v) is 1.83. The minimum Gasteiger partial charge on any atom is -0.465 e. The molecule has 2 aromatic rings. The summed E-state index contributed by atoms with van der Waals surface area (Å²) >= 11 is 0. The maximum absolute atomic E-state index is 13.1. The Morgan fingerprint density at radius 3 is 2.19 bits per heavy atom. The van der Waals surface area contributed by atoms with Crippen LogP contribution in [0.25, 0.3) is 0 Å². The van der Waals surface area contributed by atoms with E-state index in [2.05, 4.69) is 4.74 Å². The first kappa shape index (κ1) is 14.8. The van der Waals surface area contributed by atoms with Crippen LogP contribution < -0.4 is 10.5 Å². The summed E-state index contributed by atoms with van der Waals surface area (Å²) in [5.41, 5.74) is 6.77. The Kier molecular flexibility index (Phi) is 4.07. The number of methoxy groups -OCH3 is 1. The first-order valence-corrected chi connectivity index (χ1v) is 6.03. The average Bonchev–Trinajstić information content (AvgIpc) is 2.40. The highest BCUT2D eigenvalue weighted by atomic mass is 19.1. The van der Waals surface area contributed by atoms with Gasteiger partial charge in [0, 0.05) is 23.9 Å². The summed E-state index contributed by atoms with van der Waals surface area (Å²) in [5, 5.41) is 0. The predicted octanol–water partition coefficient (Wildman–Crippen LogP) is 3.43. The third kappa shape index (κ3) is 3.28. The van der Waals surface area contributed by atoms with Gasteiger partial charge in [-0.15, -0.1) is 0 Å². The third-order valence-corrected chi connectivity index (χ3v) is 2.84. The Bertz CT molecular complexity index is 681. The molecule has 0 aromatic heterocycles. The number of ether oxygens (including phenoxy) is 2. The molecule has 0 spiro atoms. The van der Waals surface area contributed by atoms with E-state index in [1.54, 1.807) is 13.0 Å². The van der Waals surface area contributed by atoms with E-state index in [1.165, 1.54) is 13.2 Å². The van der Waals surface area contributed by atoms with Crippen molar-refractivity contribution in [3.63, 3.8) is 0 Å². The maximum Gasteiger partial charge on any atom is 0.340 e. The zero-order valence-electron chi connectivity index (χ0n) is 11.4. The van der Waals surface area contributed by atoms with Crippen LogP contribution in [0.5, 0.6) is 11.5 Å². The van der Waals surface area contributed by atoms with E-state index >= 15 is 0 Å². The molecular weight excluding hydrogens is 280 g/mol. The van der Waals surface area contributed by atoms with E-state index in [1.807, 2.05) is 0 Å². The van der Waals surface area contributed by atoms with Crippen molar-refractivity contribution in [2.24, 2.45) is 0 Å². The summed E-state index contributed by atoms with van der Waals surface area (Å²) in [6.45, 7) is 1.68. The predicted molar refractivity (Wildman–Crippen MR) is 73.4 cm³/mol. The second-order valence-electron chi connectivity index (χ2n) is 4.40. The van der Waals surface area contributed by atoms with Gasteiger partial charge in [0.05, 0.1) is 12.7 Å². The Morgan fingerprint density at radius 2 is 1.62 bits per heavy atom. The second-order valence-corrected chi connectivity index (χ2v) is 4.40. The fraction of sp³-hybridized carbons (Fsp3) is 0.133. The van der Waals surface area contributed by atoms with Crippen molar-refractivity contribution in [2.45, 2.75) is 6.92 Å². The summed E-state index contributed by atoms with van der Waals surface area (Å²) in [6.07, 6.45) is 0. The molecule has 0 radical (unpaired) electrons. The topological polar surface area (TPSA) is 61.5 Å². The lowest BCUT2D eigenvalue weighted by Crippen LogP contribution is -2.07. The van der Waals surface area contributed by atoms with Crippen LogP contribution in [0, 0.1) is 18.6 Å². The van der Waals surface area contributed by atoms with E-state index in [0.29, 0.717) is 5.56 Å². The number of nitrogens with two attached hydrogens (primary N) is 1. The molecule has 0 bridgehead atoms. The molecule has 0 heterocycles. The summed E-state index contributed by atoms with van der Waals surface area (Å²) in [7, 11) is 1.23. The fourth-order valence-electron chi connectivity index (χ4n) is 1.83. The van der Waals surface area contributed by atoms with Gasteiger partial charge in [0.25, 0.3) is 0 Å². The van der Waals surface area contributed by atoms with Crippen LogP contribution in [0.3, 0.4) is 0 Å². The van der Waals surface area contributed by atoms with Crippen molar-refractivity contribution in [3.05, 3.63) is 53.1 Å². The first-order chi connectivity index (χ1) is 9.90. The molecule has 0 aliphatic rings. The van der Waals surface area contributed by atoms with Gasteiger partial charge in [0.15, 0.2) is 0 Å². The highest BCUT2D eigenvalue weighted by Crippen LogP contribution is 2.29. The Hall–Kier alpha value is -2.63. The van der Waals surface area contributed by atoms with Crippen LogP contribution in [0.15, 0.2) is 30.3 Å². The van der Waals surface area contributed by atoms with Gasteiger partial charge < -0.3 is 15.2 Å². The molecule has 0 saturated carbocycles. The molecule has 110 valence electrons. The molecule has 0 aliphatic carbocycles. The summed E-state index contributed by atoms with van der Waals surface area (Å²) in [5.74, 6) is -1.93. The number of anilines is 1. The number of esters is 1. The van der Waals surface area contributed by atoms with Crippen molar-refractivity contribution < 1.29 is 23.0 Å². The number of hydrogen-bond donors (Lipinski definition) is 1. The van der Waals surface area contributed by atoms with Crippen LogP contribution in [0.2, 0.25) is 0 Å². The number of halogens is 2. The molecule has 6 heteroatoms. The molecule has 0 amide bonds. The molecular formula is C15H13F2NO3.